The Morgan fingerprint density at radius 1 is 1.42 bits per heavy atom. The van der Waals surface area contributed by atoms with E-state index in [-0.39, 0.29) is 11.8 Å². The van der Waals surface area contributed by atoms with Crippen molar-refractivity contribution in [2.45, 2.75) is 6.42 Å². The first-order valence-electron chi connectivity index (χ1n) is 6.11. The first-order valence-corrected chi connectivity index (χ1v) is 6.11. The fourth-order valence-electron chi connectivity index (χ4n) is 2.00. The second-order valence-corrected chi connectivity index (χ2v) is 4.35. The molecule has 1 aliphatic heterocycles. The van der Waals surface area contributed by atoms with Crippen molar-refractivity contribution in [2.24, 2.45) is 0 Å². The number of ether oxygens (including phenoxy) is 1. The molecule has 1 aromatic carbocycles. The summed E-state index contributed by atoms with van der Waals surface area (Å²) in [6.45, 7) is 1.42. The molecule has 0 aromatic heterocycles. The average molecular weight is 263 g/mol. The standard InChI is InChI=1S/C13H17N3O3/c1-19-11-8-9(2-3-10(11)14)13(18)16-6-4-12(17)15-5-7-16/h2-3,8H,4-7,14H2,1H3,(H,15,17). The minimum atomic E-state index is -0.116. The quantitative estimate of drug-likeness (QED) is 0.749. The first kappa shape index (κ1) is 13.2. The number of hydrogen-bond acceptors (Lipinski definition) is 4. The summed E-state index contributed by atoms with van der Waals surface area (Å²) in [5, 5.41) is 2.73. The van der Waals surface area contributed by atoms with Crippen molar-refractivity contribution in [2.75, 3.05) is 32.5 Å². The predicted molar refractivity (Wildman–Crippen MR) is 70.9 cm³/mol. The summed E-state index contributed by atoms with van der Waals surface area (Å²) in [5.74, 6) is 0.342. The molecule has 1 saturated heterocycles. The summed E-state index contributed by atoms with van der Waals surface area (Å²) in [6, 6.07) is 4.94. The van der Waals surface area contributed by atoms with Gasteiger partial charge in [-0.15, -0.1) is 0 Å². The lowest BCUT2D eigenvalue weighted by Gasteiger charge is -2.20. The second kappa shape index (κ2) is 5.60. The number of anilines is 1. The number of carbonyl (C=O) groups excluding carboxylic acids is 2. The molecule has 2 amide bonds. The monoisotopic (exact) mass is 263 g/mol. The van der Waals surface area contributed by atoms with Crippen LogP contribution in [-0.2, 0) is 4.79 Å². The van der Waals surface area contributed by atoms with Gasteiger partial charge in [0, 0.05) is 31.6 Å². The van der Waals surface area contributed by atoms with Gasteiger partial charge >= 0.3 is 0 Å². The largest absolute Gasteiger partial charge is 0.495 e. The van der Waals surface area contributed by atoms with Crippen molar-refractivity contribution in [3.8, 4) is 5.75 Å². The van der Waals surface area contributed by atoms with Crippen LogP contribution in [0, 0.1) is 0 Å². The zero-order chi connectivity index (χ0) is 13.8. The van der Waals surface area contributed by atoms with Gasteiger partial charge in [-0.2, -0.15) is 0 Å². The van der Waals surface area contributed by atoms with Crippen molar-refractivity contribution >= 4 is 17.5 Å². The number of nitrogen functional groups attached to an aromatic ring is 1. The van der Waals surface area contributed by atoms with Crippen LogP contribution >= 0.6 is 0 Å². The van der Waals surface area contributed by atoms with Crippen LogP contribution in [0.1, 0.15) is 16.8 Å². The summed E-state index contributed by atoms with van der Waals surface area (Å²) in [7, 11) is 1.51. The van der Waals surface area contributed by atoms with Gasteiger partial charge in [-0.3, -0.25) is 9.59 Å². The van der Waals surface area contributed by atoms with Crippen LogP contribution in [-0.4, -0.2) is 43.5 Å². The van der Waals surface area contributed by atoms with E-state index < -0.39 is 0 Å². The van der Waals surface area contributed by atoms with Crippen LogP contribution in [0.3, 0.4) is 0 Å². The number of nitrogens with two attached hydrogens (primary N) is 1. The third kappa shape index (κ3) is 2.96. The van der Waals surface area contributed by atoms with Gasteiger partial charge in [0.25, 0.3) is 5.91 Å². The van der Waals surface area contributed by atoms with E-state index in [1.54, 1.807) is 23.1 Å². The lowest BCUT2D eigenvalue weighted by atomic mass is 10.1. The number of carbonyl (C=O) groups is 2. The highest BCUT2D eigenvalue weighted by Gasteiger charge is 2.20. The molecule has 102 valence electrons. The number of benzene rings is 1. The fourth-order valence-corrected chi connectivity index (χ4v) is 2.00. The minimum Gasteiger partial charge on any atom is -0.495 e. The molecule has 1 aliphatic rings. The summed E-state index contributed by atoms with van der Waals surface area (Å²) in [6.07, 6.45) is 0.331. The molecule has 0 saturated carbocycles. The van der Waals surface area contributed by atoms with Crippen LogP contribution in [0.4, 0.5) is 5.69 Å². The molecule has 0 radical (unpaired) electrons. The average Bonchev–Trinajstić information content (AvgIpc) is 2.63. The molecule has 1 fully saturated rings. The third-order valence-electron chi connectivity index (χ3n) is 3.08. The Bertz CT molecular complexity index is 502. The van der Waals surface area contributed by atoms with Crippen LogP contribution in [0.25, 0.3) is 0 Å². The van der Waals surface area contributed by atoms with E-state index >= 15 is 0 Å². The Kier molecular flexibility index (Phi) is 3.89. The molecule has 1 heterocycles. The lowest BCUT2D eigenvalue weighted by Crippen LogP contribution is -2.34. The molecule has 0 bridgehead atoms. The summed E-state index contributed by atoms with van der Waals surface area (Å²) in [5.41, 5.74) is 6.72. The van der Waals surface area contributed by atoms with Gasteiger partial charge < -0.3 is 20.7 Å². The molecule has 6 nitrogen and oxygen atoms in total. The smallest absolute Gasteiger partial charge is 0.254 e. The maximum absolute atomic E-state index is 12.3. The van der Waals surface area contributed by atoms with E-state index in [2.05, 4.69) is 5.32 Å². The molecule has 19 heavy (non-hydrogen) atoms. The van der Waals surface area contributed by atoms with E-state index in [1.165, 1.54) is 7.11 Å². The van der Waals surface area contributed by atoms with Gasteiger partial charge in [0.1, 0.15) is 5.75 Å². The molecule has 0 aliphatic carbocycles. The molecular weight excluding hydrogens is 246 g/mol. The molecule has 2 rings (SSSR count). The number of nitrogens with one attached hydrogen (secondary N) is 1. The van der Waals surface area contributed by atoms with Crippen molar-refractivity contribution in [3.05, 3.63) is 23.8 Å². The Morgan fingerprint density at radius 3 is 2.95 bits per heavy atom. The minimum absolute atomic E-state index is 0.0230. The highest BCUT2D eigenvalue weighted by atomic mass is 16.5. The summed E-state index contributed by atoms with van der Waals surface area (Å²) < 4.78 is 5.10. The number of methoxy groups -OCH3 is 1. The van der Waals surface area contributed by atoms with Gasteiger partial charge in [0.15, 0.2) is 0 Å². The van der Waals surface area contributed by atoms with E-state index in [9.17, 15) is 9.59 Å². The highest BCUT2D eigenvalue weighted by Crippen LogP contribution is 2.23. The molecular formula is C13H17N3O3. The maximum Gasteiger partial charge on any atom is 0.254 e. The molecule has 0 atom stereocenters. The van der Waals surface area contributed by atoms with Gasteiger partial charge in [0.05, 0.1) is 12.8 Å². The number of nitrogens with zero attached hydrogens (tertiary/aromatic N) is 1. The van der Waals surface area contributed by atoms with Gasteiger partial charge in [-0.25, -0.2) is 0 Å². The first-order chi connectivity index (χ1) is 9.11. The Labute approximate surface area is 111 Å². The molecule has 1 aromatic rings. The number of amides is 2. The topological polar surface area (TPSA) is 84.7 Å². The van der Waals surface area contributed by atoms with Gasteiger partial charge in [-0.05, 0) is 18.2 Å². The van der Waals surface area contributed by atoms with E-state index in [0.717, 1.165) is 0 Å². The zero-order valence-electron chi connectivity index (χ0n) is 10.8. The van der Waals surface area contributed by atoms with Crippen LogP contribution in [0.5, 0.6) is 5.75 Å². The molecule has 3 N–H and O–H groups in total. The fraction of sp³-hybridized carbons (Fsp3) is 0.385. The van der Waals surface area contributed by atoms with Gasteiger partial charge in [0.2, 0.25) is 5.91 Å². The number of rotatable bonds is 2. The second-order valence-electron chi connectivity index (χ2n) is 4.35. The zero-order valence-corrected chi connectivity index (χ0v) is 10.8. The lowest BCUT2D eigenvalue weighted by molar-refractivity contribution is -0.120. The molecule has 0 unspecified atom stereocenters. The van der Waals surface area contributed by atoms with E-state index in [1.807, 2.05) is 0 Å². The summed E-state index contributed by atoms with van der Waals surface area (Å²) in [4.78, 5) is 25.2. The van der Waals surface area contributed by atoms with Crippen LogP contribution in [0.15, 0.2) is 18.2 Å². The third-order valence-corrected chi connectivity index (χ3v) is 3.08. The number of hydrogen-bond donors (Lipinski definition) is 2. The predicted octanol–water partition coefficient (Wildman–Crippen LogP) is 0.240. The Morgan fingerprint density at radius 2 is 2.21 bits per heavy atom. The highest BCUT2D eigenvalue weighted by molar-refractivity contribution is 5.95. The Hall–Kier alpha value is -2.24. The van der Waals surface area contributed by atoms with Crippen molar-refractivity contribution in [1.82, 2.24) is 10.2 Å². The normalized spacial score (nSPS) is 15.6. The van der Waals surface area contributed by atoms with Crippen LogP contribution in [0.2, 0.25) is 0 Å². The van der Waals surface area contributed by atoms with Crippen molar-refractivity contribution < 1.29 is 14.3 Å². The van der Waals surface area contributed by atoms with Gasteiger partial charge in [-0.1, -0.05) is 0 Å². The molecule has 0 spiro atoms. The summed E-state index contributed by atoms with van der Waals surface area (Å²) >= 11 is 0. The van der Waals surface area contributed by atoms with Crippen molar-refractivity contribution in [3.63, 3.8) is 0 Å². The van der Waals surface area contributed by atoms with Crippen LogP contribution < -0.4 is 15.8 Å². The molecule has 6 heteroatoms. The van der Waals surface area contributed by atoms with E-state index in [0.29, 0.717) is 43.1 Å². The van der Waals surface area contributed by atoms with Crippen molar-refractivity contribution in [1.29, 1.82) is 0 Å². The SMILES string of the molecule is COc1cc(C(=O)N2CCNC(=O)CC2)ccc1N. The Balaban J connectivity index is 2.16. The maximum atomic E-state index is 12.3. The van der Waals surface area contributed by atoms with E-state index in [4.69, 9.17) is 10.5 Å².